The molecular weight excluding hydrogens is 398 g/mol. The SMILES string of the molecule is CCCOc1c(Br)cc(C(=O)N(C)CCOc2ccccc2)cc1OC. The molecule has 6 heteroatoms. The first-order valence-electron chi connectivity index (χ1n) is 8.50. The highest BCUT2D eigenvalue weighted by Crippen LogP contribution is 2.37. The number of methoxy groups -OCH3 is 1. The fourth-order valence-electron chi connectivity index (χ4n) is 2.33. The predicted octanol–water partition coefficient (Wildman–Crippen LogP) is 4.40. The molecule has 0 saturated heterocycles. The third-order valence-electron chi connectivity index (χ3n) is 3.71. The van der Waals surface area contributed by atoms with Crippen molar-refractivity contribution in [3.63, 3.8) is 0 Å². The number of hydrogen-bond donors (Lipinski definition) is 0. The Balaban J connectivity index is 2.02. The Labute approximate surface area is 163 Å². The van der Waals surface area contributed by atoms with E-state index in [0.29, 0.717) is 41.3 Å². The lowest BCUT2D eigenvalue weighted by Crippen LogP contribution is -2.30. The number of ether oxygens (including phenoxy) is 3. The molecule has 0 aliphatic heterocycles. The van der Waals surface area contributed by atoms with Gasteiger partial charge in [0.15, 0.2) is 11.5 Å². The monoisotopic (exact) mass is 421 g/mol. The van der Waals surface area contributed by atoms with E-state index in [1.54, 1.807) is 31.2 Å². The summed E-state index contributed by atoms with van der Waals surface area (Å²) in [5.41, 5.74) is 0.528. The quantitative estimate of drug-likeness (QED) is 0.601. The van der Waals surface area contributed by atoms with E-state index < -0.39 is 0 Å². The number of likely N-dealkylation sites (N-methyl/N-ethyl adjacent to an activating group) is 1. The van der Waals surface area contributed by atoms with Crippen molar-refractivity contribution < 1.29 is 19.0 Å². The summed E-state index contributed by atoms with van der Waals surface area (Å²) >= 11 is 3.47. The average molecular weight is 422 g/mol. The molecule has 1 amide bonds. The normalized spacial score (nSPS) is 10.3. The fraction of sp³-hybridized carbons (Fsp3) is 0.350. The van der Waals surface area contributed by atoms with Crippen LogP contribution in [0.4, 0.5) is 0 Å². The molecule has 26 heavy (non-hydrogen) atoms. The predicted molar refractivity (Wildman–Crippen MR) is 105 cm³/mol. The van der Waals surface area contributed by atoms with E-state index in [0.717, 1.165) is 12.2 Å². The first kappa shape index (κ1) is 20.1. The minimum Gasteiger partial charge on any atom is -0.493 e. The van der Waals surface area contributed by atoms with Gasteiger partial charge in [-0.3, -0.25) is 4.79 Å². The van der Waals surface area contributed by atoms with Crippen LogP contribution in [0.2, 0.25) is 0 Å². The summed E-state index contributed by atoms with van der Waals surface area (Å²) in [7, 11) is 3.31. The van der Waals surface area contributed by atoms with E-state index in [4.69, 9.17) is 14.2 Å². The Morgan fingerprint density at radius 3 is 2.50 bits per heavy atom. The van der Waals surface area contributed by atoms with E-state index in [9.17, 15) is 4.79 Å². The molecule has 0 atom stereocenters. The number of para-hydroxylation sites is 1. The zero-order chi connectivity index (χ0) is 18.9. The second-order valence-electron chi connectivity index (χ2n) is 5.73. The number of hydrogen-bond acceptors (Lipinski definition) is 4. The lowest BCUT2D eigenvalue weighted by atomic mass is 10.1. The van der Waals surface area contributed by atoms with Crippen LogP contribution in [-0.2, 0) is 0 Å². The van der Waals surface area contributed by atoms with Gasteiger partial charge >= 0.3 is 0 Å². The third kappa shape index (κ3) is 5.39. The first-order chi connectivity index (χ1) is 12.6. The minimum atomic E-state index is -0.109. The molecule has 0 spiro atoms. The van der Waals surface area contributed by atoms with Crippen molar-refractivity contribution in [1.29, 1.82) is 0 Å². The van der Waals surface area contributed by atoms with Crippen molar-refractivity contribution in [1.82, 2.24) is 4.90 Å². The lowest BCUT2D eigenvalue weighted by Gasteiger charge is -2.19. The lowest BCUT2D eigenvalue weighted by molar-refractivity contribution is 0.0773. The highest BCUT2D eigenvalue weighted by atomic mass is 79.9. The molecule has 0 bridgehead atoms. The molecule has 0 N–H and O–H groups in total. The Morgan fingerprint density at radius 2 is 1.85 bits per heavy atom. The van der Waals surface area contributed by atoms with Crippen molar-refractivity contribution in [2.45, 2.75) is 13.3 Å². The Morgan fingerprint density at radius 1 is 1.12 bits per heavy atom. The van der Waals surface area contributed by atoms with Crippen LogP contribution in [0, 0.1) is 0 Å². The van der Waals surface area contributed by atoms with E-state index in [2.05, 4.69) is 15.9 Å². The van der Waals surface area contributed by atoms with Gasteiger partial charge in [-0.1, -0.05) is 25.1 Å². The standard InChI is InChI=1S/C20H24BrNO4/c1-4-11-26-19-17(21)13-15(14-18(19)24-3)20(23)22(2)10-12-25-16-8-6-5-7-9-16/h5-9,13-14H,4,10-12H2,1-3H3. The van der Waals surface area contributed by atoms with Crippen molar-refractivity contribution >= 4 is 21.8 Å². The number of benzene rings is 2. The molecule has 5 nitrogen and oxygen atoms in total. The maximum Gasteiger partial charge on any atom is 0.253 e. The van der Waals surface area contributed by atoms with Crippen molar-refractivity contribution in [2.75, 3.05) is 33.9 Å². The summed E-state index contributed by atoms with van der Waals surface area (Å²) in [6.45, 7) is 3.51. The van der Waals surface area contributed by atoms with Gasteiger partial charge in [-0.15, -0.1) is 0 Å². The van der Waals surface area contributed by atoms with Gasteiger partial charge in [-0.2, -0.15) is 0 Å². The molecule has 2 rings (SSSR count). The van der Waals surface area contributed by atoms with Gasteiger partial charge in [0.25, 0.3) is 5.91 Å². The van der Waals surface area contributed by atoms with Crippen LogP contribution in [-0.4, -0.2) is 44.7 Å². The number of nitrogens with zero attached hydrogens (tertiary/aromatic N) is 1. The number of rotatable bonds is 9. The molecule has 0 aliphatic carbocycles. The van der Waals surface area contributed by atoms with E-state index in [-0.39, 0.29) is 5.91 Å². The van der Waals surface area contributed by atoms with Crippen molar-refractivity contribution in [3.8, 4) is 17.2 Å². The van der Waals surface area contributed by atoms with Gasteiger partial charge in [0.2, 0.25) is 0 Å². The molecule has 0 heterocycles. The minimum absolute atomic E-state index is 0.109. The molecule has 140 valence electrons. The summed E-state index contributed by atoms with van der Waals surface area (Å²) in [6, 6.07) is 13.0. The summed E-state index contributed by atoms with van der Waals surface area (Å²) in [5.74, 6) is 1.82. The summed E-state index contributed by atoms with van der Waals surface area (Å²) in [6.07, 6.45) is 0.889. The van der Waals surface area contributed by atoms with Crippen LogP contribution < -0.4 is 14.2 Å². The molecule has 2 aromatic rings. The van der Waals surface area contributed by atoms with Crippen LogP contribution in [0.3, 0.4) is 0 Å². The van der Waals surface area contributed by atoms with Crippen LogP contribution in [0.15, 0.2) is 46.9 Å². The smallest absolute Gasteiger partial charge is 0.253 e. The summed E-state index contributed by atoms with van der Waals surface area (Å²) in [4.78, 5) is 14.3. The maximum absolute atomic E-state index is 12.7. The van der Waals surface area contributed by atoms with E-state index in [1.807, 2.05) is 37.3 Å². The fourth-order valence-corrected chi connectivity index (χ4v) is 2.88. The third-order valence-corrected chi connectivity index (χ3v) is 4.30. The second kappa shape index (κ2) is 10.1. The zero-order valence-corrected chi connectivity index (χ0v) is 16.9. The number of carbonyl (C=O) groups excluding carboxylic acids is 1. The van der Waals surface area contributed by atoms with Crippen LogP contribution in [0.5, 0.6) is 17.2 Å². The highest BCUT2D eigenvalue weighted by Gasteiger charge is 2.18. The molecule has 0 aromatic heterocycles. The highest BCUT2D eigenvalue weighted by molar-refractivity contribution is 9.10. The van der Waals surface area contributed by atoms with E-state index in [1.165, 1.54) is 0 Å². The molecule has 0 unspecified atom stereocenters. The maximum atomic E-state index is 12.7. The van der Waals surface area contributed by atoms with Gasteiger partial charge in [0, 0.05) is 12.6 Å². The first-order valence-corrected chi connectivity index (χ1v) is 9.29. The topological polar surface area (TPSA) is 48.0 Å². The number of halogens is 1. The van der Waals surface area contributed by atoms with Gasteiger partial charge in [-0.25, -0.2) is 0 Å². The Hall–Kier alpha value is -2.21. The van der Waals surface area contributed by atoms with E-state index >= 15 is 0 Å². The van der Waals surface area contributed by atoms with Gasteiger partial charge in [0.1, 0.15) is 12.4 Å². The molecule has 0 aliphatic rings. The summed E-state index contributed by atoms with van der Waals surface area (Å²) in [5, 5.41) is 0. The van der Waals surface area contributed by atoms with Gasteiger partial charge in [-0.05, 0) is 46.6 Å². The van der Waals surface area contributed by atoms with Crippen molar-refractivity contribution in [2.24, 2.45) is 0 Å². The summed E-state index contributed by atoms with van der Waals surface area (Å²) < 4.78 is 17.4. The van der Waals surface area contributed by atoms with Crippen LogP contribution in [0.1, 0.15) is 23.7 Å². The molecular formula is C20H24BrNO4. The van der Waals surface area contributed by atoms with Crippen LogP contribution in [0.25, 0.3) is 0 Å². The molecule has 0 fully saturated rings. The Kier molecular flexibility index (Phi) is 7.78. The Bertz CT molecular complexity index is 721. The molecule has 2 aromatic carbocycles. The molecule has 0 saturated carbocycles. The van der Waals surface area contributed by atoms with Gasteiger partial charge in [0.05, 0.1) is 24.7 Å². The second-order valence-corrected chi connectivity index (χ2v) is 6.58. The zero-order valence-electron chi connectivity index (χ0n) is 15.3. The van der Waals surface area contributed by atoms with Crippen LogP contribution >= 0.6 is 15.9 Å². The number of amides is 1. The largest absolute Gasteiger partial charge is 0.493 e. The molecule has 0 radical (unpaired) electrons. The van der Waals surface area contributed by atoms with Crippen molar-refractivity contribution in [3.05, 3.63) is 52.5 Å². The number of carbonyl (C=O) groups is 1. The van der Waals surface area contributed by atoms with Gasteiger partial charge < -0.3 is 19.1 Å². The average Bonchev–Trinajstić information content (AvgIpc) is 2.66.